The number of aliphatic hydroxyl groups is 1. The molecule has 1 fully saturated rings. The third-order valence-electron chi connectivity index (χ3n) is 6.56. The fourth-order valence-electron chi connectivity index (χ4n) is 4.93. The topological polar surface area (TPSA) is 82.1 Å². The fraction of sp³-hybridized carbons (Fsp3) is 0.520. The lowest BCUT2D eigenvalue weighted by Gasteiger charge is -2.33. The second kappa shape index (κ2) is 9.77. The van der Waals surface area contributed by atoms with Crippen molar-refractivity contribution in [1.29, 1.82) is 0 Å². The highest BCUT2D eigenvalue weighted by Crippen LogP contribution is 2.32. The molecule has 1 aliphatic carbocycles. The third kappa shape index (κ3) is 4.83. The van der Waals surface area contributed by atoms with Crippen molar-refractivity contribution >= 4 is 11.8 Å². The van der Waals surface area contributed by atoms with Gasteiger partial charge in [-0.1, -0.05) is 17.7 Å². The molecular formula is C25H33N3O4. The number of likely N-dealkylation sites (tertiary alicyclic amines) is 1. The summed E-state index contributed by atoms with van der Waals surface area (Å²) in [6.45, 7) is 4.14. The fourth-order valence-corrected chi connectivity index (χ4v) is 4.93. The summed E-state index contributed by atoms with van der Waals surface area (Å²) in [5.41, 5.74) is 4.49. The maximum atomic E-state index is 13.1. The van der Waals surface area contributed by atoms with Gasteiger partial charge in [0.2, 0.25) is 5.91 Å². The molecule has 0 bridgehead atoms. The number of rotatable bonds is 6. The number of aliphatic hydroxyl groups excluding tert-OH is 1. The van der Waals surface area contributed by atoms with E-state index in [-0.39, 0.29) is 24.8 Å². The Balaban J connectivity index is 1.41. The number of allylic oxidation sites excluding steroid dienone is 3. The lowest BCUT2D eigenvalue weighted by molar-refractivity contribution is -0.124. The zero-order valence-electron chi connectivity index (χ0n) is 19.0. The molecule has 2 amide bonds. The second-order valence-electron chi connectivity index (χ2n) is 8.84. The molecule has 1 aromatic carbocycles. The molecular weight excluding hydrogens is 406 g/mol. The number of benzene rings is 1. The molecule has 0 unspecified atom stereocenters. The average molecular weight is 440 g/mol. The molecule has 1 aromatic rings. The summed E-state index contributed by atoms with van der Waals surface area (Å²) in [6, 6.07) is 6.29. The highest BCUT2D eigenvalue weighted by molar-refractivity contribution is 5.98. The number of nitrogens with one attached hydrogen (secondary N) is 1. The molecule has 1 saturated heterocycles. The van der Waals surface area contributed by atoms with Gasteiger partial charge in [0.15, 0.2) is 0 Å². The van der Waals surface area contributed by atoms with Gasteiger partial charge in [-0.05, 0) is 56.4 Å². The minimum Gasteiger partial charge on any atom is -0.494 e. The average Bonchev–Trinajstić information content (AvgIpc) is 3.19. The molecule has 0 saturated carbocycles. The summed E-state index contributed by atoms with van der Waals surface area (Å²) in [6.07, 6.45) is 5.98. The van der Waals surface area contributed by atoms with Crippen LogP contribution in [0.5, 0.6) is 5.75 Å². The van der Waals surface area contributed by atoms with Crippen LogP contribution in [0.25, 0.3) is 0 Å². The zero-order chi connectivity index (χ0) is 22.7. The number of amides is 2. The van der Waals surface area contributed by atoms with Crippen LogP contribution in [0.2, 0.25) is 0 Å². The van der Waals surface area contributed by atoms with E-state index in [2.05, 4.69) is 23.3 Å². The van der Waals surface area contributed by atoms with E-state index in [1.54, 1.807) is 24.3 Å². The first kappa shape index (κ1) is 22.4. The molecule has 2 N–H and O–H groups in total. The van der Waals surface area contributed by atoms with Crippen LogP contribution in [0, 0.1) is 0 Å². The van der Waals surface area contributed by atoms with Crippen LogP contribution in [0.15, 0.2) is 47.2 Å². The monoisotopic (exact) mass is 439 g/mol. The van der Waals surface area contributed by atoms with Crippen molar-refractivity contribution in [2.75, 3.05) is 33.3 Å². The van der Waals surface area contributed by atoms with Gasteiger partial charge in [0.1, 0.15) is 11.8 Å². The Morgan fingerprint density at radius 3 is 2.91 bits per heavy atom. The van der Waals surface area contributed by atoms with Crippen LogP contribution in [-0.2, 0) is 4.79 Å². The highest BCUT2D eigenvalue weighted by Gasteiger charge is 2.39. The van der Waals surface area contributed by atoms with Crippen molar-refractivity contribution in [2.24, 2.45) is 0 Å². The Bertz CT molecular complexity index is 939. The first-order chi connectivity index (χ1) is 15.5. The Morgan fingerprint density at radius 1 is 1.25 bits per heavy atom. The van der Waals surface area contributed by atoms with Crippen molar-refractivity contribution in [1.82, 2.24) is 15.1 Å². The van der Waals surface area contributed by atoms with Gasteiger partial charge in [-0.3, -0.25) is 9.59 Å². The molecule has 2 atom stereocenters. The van der Waals surface area contributed by atoms with Crippen LogP contribution < -0.4 is 10.1 Å². The van der Waals surface area contributed by atoms with E-state index in [0.717, 1.165) is 32.2 Å². The predicted molar refractivity (Wildman–Crippen MR) is 122 cm³/mol. The summed E-state index contributed by atoms with van der Waals surface area (Å²) in [5.74, 6) is 0.142. The van der Waals surface area contributed by atoms with Gasteiger partial charge in [-0.2, -0.15) is 0 Å². The number of hydrogen-bond acceptors (Lipinski definition) is 5. The molecule has 0 radical (unpaired) electrons. The van der Waals surface area contributed by atoms with E-state index >= 15 is 0 Å². The van der Waals surface area contributed by atoms with E-state index in [0.29, 0.717) is 24.5 Å². The van der Waals surface area contributed by atoms with Gasteiger partial charge in [-0.15, -0.1) is 0 Å². The molecule has 3 aliphatic rings. The first-order valence-electron chi connectivity index (χ1n) is 11.6. The lowest BCUT2D eigenvalue weighted by Crippen LogP contribution is -2.46. The van der Waals surface area contributed by atoms with Crippen molar-refractivity contribution in [3.05, 3.63) is 52.7 Å². The van der Waals surface area contributed by atoms with Crippen LogP contribution in [0.3, 0.4) is 0 Å². The molecule has 7 nitrogen and oxygen atoms in total. The lowest BCUT2D eigenvalue weighted by atomic mass is 9.90. The van der Waals surface area contributed by atoms with Gasteiger partial charge in [0.25, 0.3) is 5.91 Å². The van der Waals surface area contributed by atoms with Crippen molar-refractivity contribution < 1.29 is 19.4 Å². The smallest absolute Gasteiger partial charge is 0.254 e. The van der Waals surface area contributed by atoms with Gasteiger partial charge in [-0.25, -0.2) is 0 Å². The maximum Gasteiger partial charge on any atom is 0.254 e. The van der Waals surface area contributed by atoms with Gasteiger partial charge >= 0.3 is 0 Å². The molecule has 4 rings (SSSR count). The number of nitrogens with zero attached hydrogens (tertiary/aromatic N) is 2. The van der Waals surface area contributed by atoms with Crippen molar-refractivity contribution in [2.45, 2.75) is 51.2 Å². The molecule has 2 aliphatic heterocycles. The standard InChI is InChI=1S/C25H33N3O4/c1-3-32-21-8-4-6-19(13-21)25(31)28-16-20(29)14-23(28)24(30)26-15-17-9-10-22-18(12-17)7-5-11-27(22)2/h4,6,8,12-13,20,23,29H,3,5,7,9-11,14-16H2,1-2H3,(H,26,30)/t20-,23+/m1/s1. The number of carbonyl (C=O) groups is 2. The van der Waals surface area contributed by atoms with Gasteiger partial charge < -0.3 is 25.0 Å². The molecule has 0 spiro atoms. The molecule has 2 heterocycles. The van der Waals surface area contributed by atoms with E-state index in [1.807, 2.05) is 6.92 Å². The third-order valence-corrected chi connectivity index (χ3v) is 6.56. The van der Waals surface area contributed by atoms with Crippen LogP contribution in [-0.4, -0.2) is 72.2 Å². The van der Waals surface area contributed by atoms with E-state index in [4.69, 9.17) is 4.74 Å². The first-order valence-corrected chi connectivity index (χ1v) is 11.6. The van der Waals surface area contributed by atoms with Crippen molar-refractivity contribution in [3.63, 3.8) is 0 Å². The Labute approximate surface area is 189 Å². The van der Waals surface area contributed by atoms with Crippen LogP contribution >= 0.6 is 0 Å². The molecule has 172 valence electrons. The Morgan fingerprint density at radius 2 is 2.09 bits per heavy atom. The summed E-state index contributed by atoms with van der Waals surface area (Å²) in [7, 11) is 2.15. The number of carbonyl (C=O) groups excluding carboxylic acids is 2. The minimum absolute atomic E-state index is 0.154. The highest BCUT2D eigenvalue weighted by atomic mass is 16.5. The summed E-state index contributed by atoms with van der Waals surface area (Å²) in [5, 5.41) is 13.2. The van der Waals surface area contributed by atoms with Crippen molar-refractivity contribution in [3.8, 4) is 5.75 Å². The number of hydrogen-bond donors (Lipinski definition) is 2. The van der Waals surface area contributed by atoms with Gasteiger partial charge in [0, 0.05) is 44.4 Å². The quantitative estimate of drug-likeness (QED) is 0.712. The Hall–Kier alpha value is -2.80. The van der Waals surface area contributed by atoms with E-state index < -0.39 is 12.1 Å². The summed E-state index contributed by atoms with van der Waals surface area (Å²) in [4.78, 5) is 29.9. The molecule has 0 aromatic heterocycles. The van der Waals surface area contributed by atoms with Crippen LogP contribution in [0.1, 0.15) is 49.4 Å². The normalized spacial score (nSPS) is 23.0. The minimum atomic E-state index is -0.704. The zero-order valence-corrected chi connectivity index (χ0v) is 19.0. The number of β-amino-alcohol motifs (C(OH)–C–C–N with tert-alkyl or cyclic N) is 1. The van der Waals surface area contributed by atoms with Crippen LogP contribution in [0.4, 0.5) is 0 Å². The summed E-state index contributed by atoms with van der Waals surface area (Å²) >= 11 is 0. The molecule has 7 heteroatoms. The van der Waals surface area contributed by atoms with E-state index in [9.17, 15) is 14.7 Å². The molecule has 32 heavy (non-hydrogen) atoms. The summed E-state index contributed by atoms with van der Waals surface area (Å²) < 4.78 is 5.49. The maximum absolute atomic E-state index is 13.1. The second-order valence-corrected chi connectivity index (χ2v) is 8.84. The van der Waals surface area contributed by atoms with Gasteiger partial charge in [0.05, 0.1) is 12.7 Å². The Kier molecular flexibility index (Phi) is 6.84. The van der Waals surface area contributed by atoms with E-state index in [1.165, 1.54) is 21.7 Å². The largest absolute Gasteiger partial charge is 0.494 e. The predicted octanol–water partition coefficient (Wildman–Crippen LogP) is 2.48. The SMILES string of the molecule is CCOc1cccc(C(=O)N2C[C@H](O)C[C@H]2C(=O)NCC2=CC3=C(CC2)N(C)CCC3)c1. The number of ether oxygens (including phenoxy) is 1.